The zero-order valence-electron chi connectivity index (χ0n) is 10.9. The van der Waals surface area contributed by atoms with Crippen molar-refractivity contribution >= 4 is 5.78 Å². The first kappa shape index (κ1) is 14.6. The summed E-state index contributed by atoms with van der Waals surface area (Å²) >= 11 is 0. The average molecular weight is 253 g/mol. The lowest BCUT2D eigenvalue weighted by Crippen LogP contribution is -2.16. The lowest BCUT2D eigenvalue weighted by molar-refractivity contribution is -0.121. The first-order chi connectivity index (χ1) is 8.60. The Morgan fingerprint density at radius 3 is 2.83 bits per heavy atom. The standard InChI is InChI=1S/C14H20FNO2/c1-10(5-4-8-16)12(17)9-11-6-3-7-13(18-2)14(11)15/h3,6-7,10H,4-5,8-9,16H2,1-2H3. The Morgan fingerprint density at radius 1 is 1.50 bits per heavy atom. The van der Waals surface area contributed by atoms with Gasteiger partial charge in [0.1, 0.15) is 5.78 Å². The molecule has 2 N–H and O–H groups in total. The summed E-state index contributed by atoms with van der Waals surface area (Å²) in [6, 6.07) is 4.85. The van der Waals surface area contributed by atoms with Gasteiger partial charge in [0.05, 0.1) is 7.11 Å². The highest BCUT2D eigenvalue weighted by Crippen LogP contribution is 2.21. The van der Waals surface area contributed by atoms with E-state index in [1.807, 2.05) is 6.92 Å². The van der Waals surface area contributed by atoms with Crippen molar-refractivity contribution in [3.8, 4) is 5.75 Å². The van der Waals surface area contributed by atoms with E-state index < -0.39 is 5.82 Å². The van der Waals surface area contributed by atoms with Crippen LogP contribution in [0.25, 0.3) is 0 Å². The molecule has 3 nitrogen and oxygen atoms in total. The molecule has 1 atom stereocenters. The van der Waals surface area contributed by atoms with Gasteiger partial charge < -0.3 is 10.5 Å². The average Bonchev–Trinajstić information content (AvgIpc) is 2.38. The fraction of sp³-hybridized carbons (Fsp3) is 0.500. The minimum Gasteiger partial charge on any atom is -0.494 e. The molecule has 1 rings (SSSR count). The van der Waals surface area contributed by atoms with Gasteiger partial charge in [-0.25, -0.2) is 4.39 Å². The fourth-order valence-corrected chi connectivity index (χ4v) is 1.80. The van der Waals surface area contributed by atoms with Gasteiger partial charge in [0.15, 0.2) is 11.6 Å². The van der Waals surface area contributed by atoms with Crippen LogP contribution in [0.4, 0.5) is 4.39 Å². The van der Waals surface area contributed by atoms with E-state index in [0.717, 1.165) is 12.8 Å². The van der Waals surface area contributed by atoms with Crippen molar-refractivity contribution in [3.05, 3.63) is 29.6 Å². The predicted molar refractivity (Wildman–Crippen MR) is 69.1 cm³/mol. The highest BCUT2D eigenvalue weighted by Gasteiger charge is 2.16. The van der Waals surface area contributed by atoms with Crippen LogP contribution in [0.5, 0.6) is 5.75 Å². The largest absolute Gasteiger partial charge is 0.494 e. The van der Waals surface area contributed by atoms with E-state index in [1.54, 1.807) is 18.2 Å². The molecule has 0 spiro atoms. The van der Waals surface area contributed by atoms with Crippen molar-refractivity contribution in [1.82, 2.24) is 0 Å². The summed E-state index contributed by atoms with van der Waals surface area (Å²) in [7, 11) is 1.41. The van der Waals surface area contributed by atoms with Crippen LogP contribution >= 0.6 is 0 Å². The van der Waals surface area contributed by atoms with Gasteiger partial charge in [0, 0.05) is 12.3 Å². The Morgan fingerprint density at radius 2 is 2.22 bits per heavy atom. The van der Waals surface area contributed by atoms with E-state index in [1.165, 1.54) is 7.11 Å². The molecule has 0 amide bonds. The maximum atomic E-state index is 13.9. The van der Waals surface area contributed by atoms with E-state index >= 15 is 0 Å². The Kier molecular flexibility index (Phi) is 5.78. The molecule has 0 heterocycles. The highest BCUT2D eigenvalue weighted by atomic mass is 19.1. The summed E-state index contributed by atoms with van der Waals surface area (Å²) in [6.45, 7) is 2.43. The summed E-state index contributed by atoms with van der Waals surface area (Å²) in [5.41, 5.74) is 5.79. The van der Waals surface area contributed by atoms with Crippen molar-refractivity contribution in [1.29, 1.82) is 0 Å². The second-order valence-corrected chi connectivity index (χ2v) is 4.41. The number of rotatable bonds is 7. The molecule has 0 aromatic heterocycles. The number of benzene rings is 1. The van der Waals surface area contributed by atoms with Crippen LogP contribution in [0, 0.1) is 11.7 Å². The topological polar surface area (TPSA) is 52.3 Å². The molecule has 0 radical (unpaired) electrons. The quantitative estimate of drug-likeness (QED) is 0.811. The molecular formula is C14H20FNO2. The smallest absolute Gasteiger partial charge is 0.168 e. The van der Waals surface area contributed by atoms with Gasteiger partial charge >= 0.3 is 0 Å². The van der Waals surface area contributed by atoms with Crippen molar-refractivity contribution in [2.75, 3.05) is 13.7 Å². The van der Waals surface area contributed by atoms with Gasteiger partial charge in [-0.05, 0) is 31.0 Å². The molecule has 0 aliphatic rings. The number of nitrogens with two attached hydrogens (primary N) is 1. The molecule has 18 heavy (non-hydrogen) atoms. The second-order valence-electron chi connectivity index (χ2n) is 4.41. The Labute approximate surface area is 107 Å². The zero-order valence-corrected chi connectivity index (χ0v) is 10.9. The van der Waals surface area contributed by atoms with Gasteiger partial charge in [-0.15, -0.1) is 0 Å². The van der Waals surface area contributed by atoms with Crippen LogP contribution in [0.3, 0.4) is 0 Å². The molecule has 1 unspecified atom stereocenters. The minimum absolute atomic E-state index is 0.0376. The predicted octanol–water partition coefficient (Wildman–Crippen LogP) is 2.32. The van der Waals surface area contributed by atoms with Crippen molar-refractivity contribution < 1.29 is 13.9 Å². The van der Waals surface area contributed by atoms with E-state index in [-0.39, 0.29) is 23.9 Å². The van der Waals surface area contributed by atoms with Crippen LogP contribution in [0.1, 0.15) is 25.3 Å². The summed E-state index contributed by atoms with van der Waals surface area (Å²) in [4.78, 5) is 11.9. The molecule has 100 valence electrons. The monoisotopic (exact) mass is 253 g/mol. The van der Waals surface area contributed by atoms with Crippen LogP contribution in [-0.4, -0.2) is 19.4 Å². The number of ether oxygens (including phenoxy) is 1. The lowest BCUT2D eigenvalue weighted by Gasteiger charge is -2.11. The molecule has 0 aliphatic heterocycles. The molecule has 0 saturated heterocycles. The molecule has 0 aliphatic carbocycles. The number of carbonyl (C=O) groups is 1. The normalized spacial score (nSPS) is 12.2. The molecule has 1 aromatic rings. The Bertz CT molecular complexity index is 407. The number of halogens is 1. The zero-order chi connectivity index (χ0) is 13.5. The third kappa shape index (κ3) is 3.81. The van der Waals surface area contributed by atoms with Crippen LogP contribution < -0.4 is 10.5 Å². The number of hydrogen-bond acceptors (Lipinski definition) is 3. The van der Waals surface area contributed by atoms with Gasteiger partial charge in [-0.3, -0.25) is 4.79 Å². The van der Waals surface area contributed by atoms with Crippen LogP contribution in [-0.2, 0) is 11.2 Å². The molecule has 4 heteroatoms. The van der Waals surface area contributed by atoms with Crippen molar-refractivity contribution in [2.24, 2.45) is 11.7 Å². The first-order valence-corrected chi connectivity index (χ1v) is 6.14. The van der Waals surface area contributed by atoms with E-state index in [9.17, 15) is 9.18 Å². The molecule has 0 fully saturated rings. The third-order valence-corrected chi connectivity index (χ3v) is 3.02. The van der Waals surface area contributed by atoms with Gasteiger partial charge in [-0.2, -0.15) is 0 Å². The van der Waals surface area contributed by atoms with E-state index in [0.29, 0.717) is 12.1 Å². The van der Waals surface area contributed by atoms with Crippen molar-refractivity contribution in [2.45, 2.75) is 26.2 Å². The summed E-state index contributed by atoms with van der Waals surface area (Å²) < 4.78 is 18.7. The van der Waals surface area contributed by atoms with E-state index in [4.69, 9.17) is 10.5 Å². The lowest BCUT2D eigenvalue weighted by atomic mass is 9.95. The third-order valence-electron chi connectivity index (χ3n) is 3.02. The number of carbonyl (C=O) groups excluding carboxylic acids is 1. The summed E-state index contributed by atoms with van der Waals surface area (Å²) in [6.07, 6.45) is 1.67. The van der Waals surface area contributed by atoms with Crippen molar-refractivity contribution in [3.63, 3.8) is 0 Å². The van der Waals surface area contributed by atoms with Gasteiger partial charge in [0.25, 0.3) is 0 Å². The summed E-state index contributed by atoms with van der Waals surface area (Å²) in [5, 5.41) is 0. The Balaban J connectivity index is 2.70. The second kappa shape index (κ2) is 7.11. The highest BCUT2D eigenvalue weighted by molar-refractivity contribution is 5.83. The van der Waals surface area contributed by atoms with E-state index in [2.05, 4.69) is 0 Å². The maximum absolute atomic E-state index is 13.9. The molecule has 0 saturated carbocycles. The fourth-order valence-electron chi connectivity index (χ4n) is 1.80. The SMILES string of the molecule is COc1cccc(CC(=O)C(C)CCCN)c1F. The number of Topliss-reactive ketones (excluding diaryl/α,β-unsaturated/α-hetero) is 1. The number of ketones is 1. The molecule has 1 aromatic carbocycles. The number of methoxy groups -OCH3 is 1. The van der Waals surface area contributed by atoms with Crippen LogP contribution in [0.2, 0.25) is 0 Å². The molecular weight excluding hydrogens is 233 g/mol. The first-order valence-electron chi connectivity index (χ1n) is 6.14. The number of hydrogen-bond donors (Lipinski definition) is 1. The van der Waals surface area contributed by atoms with Gasteiger partial charge in [0.2, 0.25) is 0 Å². The summed E-state index contributed by atoms with van der Waals surface area (Å²) in [5.74, 6) is -0.316. The molecule has 0 bridgehead atoms. The van der Waals surface area contributed by atoms with Gasteiger partial charge in [-0.1, -0.05) is 19.1 Å². The minimum atomic E-state index is -0.445. The Hall–Kier alpha value is -1.42. The maximum Gasteiger partial charge on any atom is 0.168 e. The van der Waals surface area contributed by atoms with Crippen LogP contribution in [0.15, 0.2) is 18.2 Å².